The van der Waals surface area contributed by atoms with Crippen molar-refractivity contribution in [2.75, 3.05) is 32.6 Å². The van der Waals surface area contributed by atoms with Gasteiger partial charge in [-0.2, -0.15) is 0 Å². The number of nitrogens with one attached hydrogen (secondary N) is 1. The quantitative estimate of drug-likeness (QED) is 0.846. The fourth-order valence-corrected chi connectivity index (χ4v) is 2.23. The molecule has 0 radical (unpaired) electrons. The monoisotopic (exact) mass is 295 g/mol. The van der Waals surface area contributed by atoms with E-state index < -0.39 is 12.0 Å². The number of carbonyl (C=O) groups excluding carboxylic acids is 1. The molecule has 1 aromatic heterocycles. The lowest BCUT2D eigenvalue weighted by atomic mass is 10.3. The molecule has 2 N–H and O–H groups in total. The van der Waals surface area contributed by atoms with Gasteiger partial charge in [0.1, 0.15) is 12.2 Å². The minimum absolute atomic E-state index is 0.157. The number of anilines is 1. The first-order valence-corrected chi connectivity index (χ1v) is 6.36. The third-order valence-corrected chi connectivity index (χ3v) is 3.36. The summed E-state index contributed by atoms with van der Waals surface area (Å²) < 4.78 is 10.5. The van der Waals surface area contributed by atoms with Crippen molar-refractivity contribution in [2.24, 2.45) is 0 Å². The van der Waals surface area contributed by atoms with Crippen molar-refractivity contribution < 1.29 is 24.2 Å². The van der Waals surface area contributed by atoms with Gasteiger partial charge in [0.05, 0.1) is 18.8 Å². The number of rotatable bonds is 4. The maximum Gasteiger partial charge on any atom is 0.356 e. The smallest absolute Gasteiger partial charge is 0.356 e. The number of ether oxygens (including phenoxy) is 2. The zero-order valence-electron chi connectivity index (χ0n) is 11.8. The average Bonchev–Trinajstić information content (AvgIpc) is 2.91. The van der Waals surface area contributed by atoms with E-state index in [2.05, 4.69) is 10.3 Å². The standard InChI is InChI=1S/C13H17N3O5/c1-20-9-6-16(7-10(9)21-2)13(19)15-8-4-3-5-14-11(8)12(17)18/h3-5,9-10H,6-7H2,1-2H3,(H,15,19)(H,17,18). The van der Waals surface area contributed by atoms with Crippen molar-refractivity contribution in [1.82, 2.24) is 9.88 Å². The summed E-state index contributed by atoms with van der Waals surface area (Å²) in [5, 5.41) is 11.6. The molecule has 2 rings (SSSR count). The molecule has 0 bridgehead atoms. The number of likely N-dealkylation sites (tertiary alicyclic amines) is 1. The van der Waals surface area contributed by atoms with Crippen molar-refractivity contribution in [3.05, 3.63) is 24.0 Å². The molecule has 0 aromatic carbocycles. The van der Waals surface area contributed by atoms with Gasteiger partial charge in [0, 0.05) is 20.4 Å². The van der Waals surface area contributed by atoms with Crippen LogP contribution in [0.25, 0.3) is 0 Å². The first-order chi connectivity index (χ1) is 10.1. The van der Waals surface area contributed by atoms with Gasteiger partial charge in [-0.3, -0.25) is 0 Å². The number of carboxylic acids is 1. The Hall–Kier alpha value is -2.19. The third kappa shape index (κ3) is 3.29. The summed E-state index contributed by atoms with van der Waals surface area (Å²) >= 11 is 0. The molecule has 2 heterocycles. The van der Waals surface area contributed by atoms with Crippen molar-refractivity contribution in [2.45, 2.75) is 12.2 Å². The molecule has 21 heavy (non-hydrogen) atoms. The molecule has 2 amide bonds. The number of aromatic nitrogens is 1. The first-order valence-electron chi connectivity index (χ1n) is 6.36. The van der Waals surface area contributed by atoms with E-state index in [-0.39, 0.29) is 23.6 Å². The lowest BCUT2D eigenvalue weighted by Crippen LogP contribution is -2.34. The summed E-state index contributed by atoms with van der Waals surface area (Å²) in [7, 11) is 3.11. The van der Waals surface area contributed by atoms with Gasteiger partial charge in [0.15, 0.2) is 5.69 Å². The summed E-state index contributed by atoms with van der Waals surface area (Å²) in [4.78, 5) is 28.5. The maximum atomic E-state index is 12.2. The Bertz CT molecular complexity index is 524. The summed E-state index contributed by atoms with van der Waals surface area (Å²) in [6, 6.07) is 2.64. The topological polar surface area (TPSA) is 101 Å². The van der Waals surface area contributed by atoms with E-state index in [4.69, 9.17) is 14.6 Å². The van der Waals surface area contributed by atoms with Crippen LogP contribution in [0.15, 0.2) is 18.3 Å². The number of amides is 2. The van der Waals surface area contributed by atoms with Gasteiger partial charge >= 0.3 is 12.0 Å². The van der Waals surface area contributed by atoms with Gasteiger partial charge in [0.25, 0.3) is 0 Å². The molecule has 1 aromatic rings. The van der Waals surface area contributed by atoms with Crippen LogP contribution in [0.2, 0.25) is 0 Å². The van der Waals surface area contributed by atoms with E-state index in [9.17, 15) is 9.59 Å². The second kappa shape index (κ2) is 6.51. The second-order valence-corrected chi connectivity index (χ2v) is 4.59. The lowest BCUT2D eigenvalue weighted by molar-refractivity contribution is -0.00461. The van der Waals surface area contributed by atoms with Crippen LogP contribution >= 0.6 is 0 Å². The maximum absolute atomic E-state index is 12.2. The molecule has 0 saturated carbocycles. The van der Waals surface area contributed by atoms with Crippen molar-refractivity contribution in [3.8, 4) is 0 Å². The van der Waals surface area contributed by atoms with E-state index >= 15 is 0 Å². The molecule has 8 nitrogen and oxygen atoms in total. The Labute approximate surface area is 121 Å². The van der Waals surface area contributed by atoms with Crippen LogP contribution in [0.1, 0.15) is 10.5 Å². The van der Waals surface area contributed by atoms with E-state index in [0.29, 0.717) is 13.1 Å². The molecule has 0 aliphatic carbocycles. The SMILES string of the molecule is COC1CN(C(=O)Nc2cccnc2C(=O)O)CC1OC. The largest absolute Gasteiger partial charge is 0.476 e. The van der Waals surface area contributed by atoms with Gasteiger partial charge in [-0.1, -0.05) is 0 Å². The molecule has 1 aliphatic heterocycles. The number of carbonyl (C=O) groups is 2. The highest BCUT2D eigenvalue weighted by molar-refractivity contribution is 5.98. The van der Waals surface area contributed by atoms with Crippen LogP contribution in [0, 0.1) is 0 Å². The van der Waals surface area contributed by atoms with Crippen LogP contribution in [-0.4, -0.2) is 66.5 Å². The predicted molar refractivity (Wildman–Crippen MR) is 73.4 cm³/mol. The zero-order valence-corrected chi connectivity index (χ0v) is 11.8. The molecule has 2 atom stereocenters. The van der Waals surface area contributed by atoms with Crippen molar-refractivity contribution in [1.29, 1.82) is 0 Å². The van der Waals surface area contributed by atoms with Gasteiger partial charge in [-0.25, -0.2) is 14.6 Å². The Morgan fingerprint density at radius 3 is 2.48 bits per heavy atom. The summed E-state index contributed by atoms with van der Waals surface area (Å²) in [5.41, 5.74) is -0.0403. The molecular weight excluding hydrogens is 278 g/mol. The second-order valence-electron chi connectivity index (χ2n) is 4.59. The Balaban J connectivity index is 2.08. The van der Waals surface area contributed by atoms with Crippen LogP contribution in [0.4, 0.5) is 10.5 Å². The molecule has 1 saturated heterocycles. The average molecular weight is 295 g/mol. The molecule has 2 unspecified atom stereocenters. The Morgan fingerprint density at radius 2 is 1.95 bits per heavy atom. The zero-order chi connectivity index (χ0) is 15.4. The molecule has 1 fully saturated rings. The molecule has 1 aliphatic rings. The van der Waals surface area contributed by atoms with E-state index in [0.717, 1.165) is 0 Å². The molecular formula is C13H17N3O5. The highest BCUT2D eigenvalue weighted by Gasteiger charge is 2.35. The van der Waals surface area contributed by atoms with Crippen LogP contribution < -0.4 is 5.32 Å². The normalized spacial score (nSPS) is 21.3. The molecule has 8 heteroatoms. The molecule has 114 valence electrons. The van der Waals surface area contributed by atoms with Gasteiger partial charge in [-0.05, 0) is 12.1 Å². The van der Waals surface area contributed by atoms with Crippen LogP contribution in [-0.2, 0) is 9.47 Å². The number of nitrogens with zero attached hydrogens (tertiary/aromatic N) is 2. The van der Waals surface area contributed by atoms with Crippen molar-refractivity contribution in [3.63, 3.8) is 0 Å². The summed E-state index contributed by atoms with van der Waals surface area (Å²) in [6.07, 6.45) is 0.957. The van der Waals surface area contributed by atoms with Crippen LogP contribution in [0.3, 0.4) is 0 Å². The van der Waals surface area contributed by atoms with Gasteiger partial charge in [0.2, 0.25) is 0 Å². The minimum atomic E-state index is -1.20. The Kier molecular flexibility index (Phi) is 4.71. The van der Waals surface area contributed by atoms with Crippen molar-refractivity contribution >= 4 is 17.7 Å². The van der Waals surface area contributed by atoms with Gasteiger partial charge < -0.3 is 24.8 Å². The number of pyridine rings is 1. The number of urea groups is 1. The minimum Gasteiger partial charge on any atom is -0.476 e. The van der Waals surface area contributed by atoms with E-state index in [1.54, 1.807) is 20.3 Å². The number of carboxylic acid groups (broad SMARTS) is 1. The first kappa shape index (κ1) is 15.2. The highest BCUT2D eigenvalue weighted by Crippen LogP contribution is 2.18. The number of methoxy groups -OCH3 is 2. The van der Waals surface area contributed by atoms with Crippen LogP contribution in [0.5, 0.6) is 0 Å². The summed E-state index contributed by atoms with van der Waals surface area (Å²) in [6.45, 7) is 0.757. The van der Waals surface area contributed by atoms with E-state index in [1.165, 1.54) is 17.2 Å². The molecule has 0 spiro atoms. The van der Waals surface area contributed by atoms with E-state index in [1.807, 2.05) is 0 Å². The fourth-order valence-electron chi connectivity index (χ4n) is 2.23. The lowest BCUT2D eigenvalue weighted by Gasteiger charge is -2.17. The summed E-state index contributed by atoms with van der Waals surface area (Å²) in [5.74, 6) is -1.20. The predicted octanol–water partition coefficient (Wildman–Crippen LogP) is 0.657. The number of hydrogen-bond donors (Lipinski definition) is 2. The number of hydrogen-bond acceptors (Lipinski definition) is 5. The van der Waals surface area contributed by atoms with Gasteiger partial charge in [-0.15, -0.1) is 0 Å². The third-order valence-electron chi connectivity index (χ3n) is 3.36. The fraction of sp³-hybridized carbons (Fsp3) is 0.462. The number of aromatic carboxylic acids is 1. The Morgan fingerprint density at radius 1 is 1.33 bits per heavy atom. The highest BCUT2D eigenvalue weighted by atomic mass is 16.5.